The molecule has 17 heavy (non-hydrogen) atoms. The first-order valence-corrected chi connectivity index (χ1v) is 5.77. The molecule has 0 spiro atoms. The number of hydrogen-bond acceptors (Lipinski definition) is 2. The summed E-state index contributed by atoms with van der Waals surface area (Å²) in [6.07, 6.45) is 13.1. The highest BCUT2D eigenvalue weighted by Crippen LogP contribution is 2.13. The van der Waals surface area contributed by atoms with Crippen molar-refractivity contribution >= 4 is 0 Å². The molecule has 88 valence electrons. The first-order chi connectivity index (χ1) is 8.45. The van der Waals surface area contributed by atoms with Gasteiger partial charge in [-0.15, -0.1) is 0 Å². The van der Waals surface area contributed by atoms with E-state index in [1.54, 1.807) is 6.26 Å². The van der Waals surface area contributed by atoms with Crippen molar-refractivity contribution in [3.63, 3.8) is 0 Å². The van der Waals surface area contributed by atoms with Gasteiger partial charge in [0.05, 0.1) is 19.0 Å². The molecule has 1 aromatic carbocycles. The van der Waals surface area contributed by atoms with Gasteiger partial charge in [0.1, 0.15) is 5.75 Å². The Balaban J connectivity index is 1.63. The number of allylic oxidation sites excluding steroid dienone is 4. The smallest absolute Gasteiger partial charge is 0.126 e. The van der Waals surface area contributed by atoms with Gasteiger partial charge in [-0.25, -0.2) is 0 Å². The molecule has 0 radical (unpaired) electrons. The third kappa shape index (κ3) is 5.18. The van der Waals surface area contributed by atoms with Crippen molar-refractivity contribution in [3.05, 3.63) is 67.0 Å². The normalized spacial score (nSPS) is 19.4. The summed E-state index contributed by atoms with van der Waals surface area (Å²) in [4.78, 5) is 0. The lowest BCUT2D eigenvalue weighted by molar-refractivity contribution is 0.410. The molecule has 1 aliphatic rings. The summed E-state index contributed by atoms with van der Waals surface area (Å²) in [5.74, 6) is 0.846. The lowest BCUT2D eigenvalue weighted by Crippen LogP contribution is -1.79. The minimum Gasteiger partial charge on any atom is -0.465 e. The van der Waals surface area contributed by atoms with E-state index in [1.807, 2.05) is 54.6 Å². The molecule has 1 fully saturated rings. The molecule has 0 bridgehead atoms. The van der Waals surface area contributed by atoms with Crippen molar-refractivity contribution in [3.8, 4) is 5.75 Å². The van der Waals surface area contributed by atoms with Crippen molar-refractivity contribution in [1.82, 2.24) is 0 Å². The molecule has 1 saturated heterocycles. The monoisotopic (exact) mass is 228 g/mol. The quantitative estimate of drug-likeness (QED) is 0.422. The zero-order valence-electron chi connectivity index (χ0n) is 9.66. The van der Waals surface area contributed by atoms with Crippen LogP contribution in [0.2, 0.25) is 0 Å². The second-order valence-corrected chi connectivity index (χ2v) is 3.76. The molecule has 1 unspecified atom stereocenters. The van der Waals surface area contributed by atoms with Gasteiger partial charge in [-0.1, -0.05) is 42.5 Å². The fraction of sp³-hybridized carbons (Fsp3) is 0.200. The zero-order chi connectivity index (χ0) is 11.8. The number of epoxide rings is 1. The topological polar surface area (TPSA) is 21.8 Å². The van der Waals surface area contributed by atoms with Crippen LogP contribution in [0, 0.1) is 0 Å². The van der Waals surface area contributed by atoms with Crippen LogP contribution in [0.15, 0.2) is 67.0 Å². The molecular weight excluding hydrogens is 212 g/mol. The summed E-state index contributed by atoms with van der Waals surface area (Å²) >= 11 is 0. The average Bonchev–Trinajstić information content (AvgIpc) is 3.18. The molecule has 0 aliphatic carbocycles. The van der Waals surface area contributed by atoms with E-state index in [0.29, 0.717) is 6.10 Å². The molecule has 0 saturated carbocycles. The molecular formula is C15H16O2. The van der Waals surface area contributed by atoms with Gasteiger partial charge >= 0.3 is 0 Å². The number of benzene rings is 1. The SMILES string of the molecule is C(=CC=COc1ccccc1)C=CCC1CO1. The van der Waals surface area contributed by atoms with E-state index in [-0.39, 0.29) is 0 Å². The largest absolute Gasteiger partial charge is 0.465 e. The fourth-order valence-corrected chi connectivity index (χ4v) is 1.30. The first-order valence-electron chi connectivity index (χ1n) is 5.77. The van der Waals surface area contributed by atoms with Gasteiger partial charge in [0.2, 0.25) is 0 Å². The van der Waals surface area contributed by atoms with Gasteiger partial charge in [-0.2, -0.15) is 0 Å². The molecule has 1 heterocycles. The highest BCUT2D eigenvalue weighted by molar-refractivity contribution is 5.22. The van der Waals surface area contributed by atoms with E-state index in [2.05, 4.69) is 6.08 Å². The Hall–Kier alpha value is -1.80. The van der Waals surface area contributed by atoms with Gasteiger partial charge < -0.3 is 9.47 Å². The van der Waals surface area contributed by atoms with Crippen LogP contribution in [0.1, 0.15) is 6.42 Å². The lowest BCUT2D eigenvalue weighted by atomic mass is 10.3. The van der Waals surface area contributed by atoms with Crippen LogP contribution in [0.3, 0.4) is 0 Å². The Morgan fingerprint density at radius 2 is 1.88 bits per heavy atom. The van der Waals surface area contributed by atoms with Gasteiger partial charge in [-0.05, 0) is 24.6 Å². The van der Waals surface area contributed by atoms with E-state index in [9.17, 15) is 0 Å². The maximum Gasteiger partial charge on any atom is 0.126 e. The Bertz CT molecular complexity index is 400. The summed E-state index contributed by atoms with van der Waals surface area (Å²) in [5, 5.41) is 0. The molecule has 1 aromatic rings. The summed E-state index contributed by atoms with van der Waals surface area (Å²) in [5.41, 5.74) is 0. The Kier molecular flexibility index (Phi) is 4.61. The first kappa shape index (κ1) is 11.7. The lowest BCUT2D eigenvalue weighted by Gasteiger charge is -1.96. The molecule has 2 heteroatoms. The van der Waals surface area contributed by atoms with Crippen molar-refractivity contribution < 1.29 is 9.47 Å². The fourth-order valence-electron chi connectivity index (χ4n) is 1.30. The summed E-state index contributed by atoms with van der Waals surface area (Å²) < 4.78 is 10.5. The minimum absolute atomic E-state index is 0.469. The van der Waals surface area contributed by atoms with Gasteiger partial charge in [0.25, 0.3) is 0 Å². The zero-order valence-corrected chi connectivity index (χ0v) is 9.66. The predicted molar refractivity (Wildman–Crippen MR) is 68.8 cm³/mol. The minimum atomic E-state index is 0.469. The number of rotatable bonds is 6. The van der Waals surface area contributed by atoms with Crippen molar-refractivity contribution in [2.45, 2.75) is 12.5 Å². The van der Waals surface area contributed by atoms with Gasteiger partial charge in [0.15, 0.2) is 0 Å². The molecule has 2 nitrogen and oxygen atoms in total. The standard InChI is InChI=1S/C15H16O2/c1(2-5-11-15-13-17-15)3-8-12-16-14-9-6-4-7-10-14/h1-10,12,15H,11,13H2. The predicted octanol–water partition coefficient (Wildman–Crippen LogP) is 3.48. The maximum atomic E-state index is 5.38. The van der Waals surface area contributed by atoms with Crippen LogP contribution in [-0.2, 0) is 4.74 Å². The third-order valence-corrected chi connectivity index (χ3v) is 2.30. The molecule has 1 atom stereocenters. The van der Waals surface area contributed by atoms with E-state index in [1.165, 1.54) is 0 Å². The molecule has 2 rings (SSSR count). The molecule has 1 aliphatic heterocycles. The number of para-hydroxylation sites is 1. The van der Waals surface area contributed by atoms with Gasteiger partial charge in [-0.3, -0.25) is 0 Å². The van der Waals surface area contributed by atoms with Crippen molar-refractivity contribution in [2.24, 2.45) is 0 Å². The third-order valence-electron chi connectivity index (χ3n) is 2.30. The Morgan fingerprint density at radius 3 is 2.65 bits per heavy atom. The van der Waals surface area contributed by atoms with Crippen LogP contribution < -0.4 is 4.74 Å². The summed E-state index contributed by atoms with van der Waals surface area (Å²) in [7, 11) is 0. The van der Waals surface area contributed by atoms with Crippen LogP contribution in [0.4, 0.5) is 0 Å². The van der Waals surface area contributed by atoms with E-state index >= 15 is 0 Å². The highest BCUT2D eigenvalue weighted by atomic mass is 16.6. The molecule has 0 amide bonds. The summed E-state index contributed by atoms with van der Waals surface area (Å²) in [6, 6.07) is 9.70. The van der Waals surface area contributed by atoms with Crippen molar-refractivity contribution in [2.75, 3.05) is 6.61 Å². The van der Waals surface area contributed by atoms with Crippen LogP contribution in [0.5, 0.6) is 5.75 Å². The highest BCUT2D eigenvalue weighted by Gasteiger charge is 2.19. The number of ether oxygens (including phenoxy) is 2. The molecule has 0 N–H and O–H groups in total. The van der Waals surface area contributed by atoms with E-state index in [4.69, 9.17) is 9.47 Å². The van der Waals surface area contributed by atoms with Crippen molar-refractivity contribution in [1.29, 1.82) is 0 Å². The second kappa shape index (κ2) is 6.71. The van der Waals surface area contributed by atoms with E-state index < -0.39 is 0 Å². The van der Waals surface area contributed by atoms with E-state index in [0.717, 1.165) is 18.8 Å². The Morgan fingerprint density at radius 1 is 1.12 bits per heavy atom. The van der Waals surface area contributed by atoms with Gasteiger partial charge in [0, 0.05) is 0 Å². The summed E-state index contributed by atoms with van der Waals surface area (Å²) in [6.45, 7) is 0.916. The maximum absolute atomic E-state index is 5.38. The second-order valence-electron chi connectivity index (χ2n) is 3.76. The van der Waals surface area contributed by atoms with Crippen LogP contribution >= 0.6 is 0 Å². The number of hydrogen-bond donors (Lipinski definition) is 0. The molecule has 0 aromatic heterocycles. The Labute approximate surface area is 102 Å². The van der Waals surface area contributed by atoms with Crippen LogP contribution in [0.25, 0.3) is 0 Å². The van der Waals surface area contributed by atoms with Crippen LogP contribution in [-0.4, -0.2) is 12.7 Å². The average molecular weight is 228 g/mol.